The van der Waals surface area contributed by atoms with Crippen molar-refractivity contribution in [2.24, 2.45) is 0 Å². The van der Waals surface area contributed by atoms with Crippen LogP contribution in [0.2, 0.25) is 0 Å². The van der Waals surface area contributed by atoms with Gasteiger partial charge in [0.2, 0.25) is 0 Å². The Kier molecular flexibility index (Phi) is 5.72. The summed E-state index contributed by atoms with van der Waals surface area (Å²) in [5.74, 6) is 0.163. The van der Waals surface area contributed by atoms with Crippen LogP contribution in [-0.2, 0) is 13.0 Å². The summed E-state index contributed by atoms with van der Waals surface area (Å²) in [6, 6.07) is 16.9. The van der Waals surface area contributed by atoms with Crippen molar-refractivity contribution < 1.29 is 4.79 Å². The zero-order chi connectivity index (χ0) is 20.4. The molecular weight excluding hydrogens is 358 g/mol. The van der Waals surface area contributed by atoms with Crippen molar-refractivity contribution in [2.75, 3.05) is 32.7 Å². The van der Waals surface area contributed by atoms with E-state index in [0.717, 1.165) is 51.3 Å². The average Bonchev–Trinajstić information content (AvgIpc) is 3.04. The first-order valence-electron chi connectivity index (χ1n) is 10.8. The van der Waals surface area contributed by atoms with E-state index in [1.165, 1.54) is 27.7 Å². The van der Waals surface area contributed by atoms with Crippen LogP contribution in [0.3, 0.4) is 0 Å². The number of aromatic nitrogens is 1. The highest BCUT2D eigenvalue weighted by Crippen LogP contribution is 2.28. The van der Waals surface area contributed by atoms with Gasteiger partial charge in [-0.1, -0.05) is 44.2 Å². The molecule has 0 spiro atoms. The second-order valence-corrected chi connectivity index (χ2v) is 7.96. The molecule has 0 N–H and O–H groups in total. The van der Waals surface area contributed by atoms with Crippen LogP contribution in [0, 0.1) is 6.92 Å². The van der Waals surface area contributed by atoms with Gasteiger partial charge in [-0.3, -0.25) is 4.79 Å². The third-order valence-corrected chi connectivity index (χ3v) is 6.32. The first-order chi connectivity index (χ1) is 14.1. The number of likely N-dealkylation sites (N-methyl/N-ethyl adjacent to an activating group) is 1. The molecule has 1 saturated heterocycles. The van der Waals surface area contributed by atoms with Crippen LogP contribution in [0.15, 0.2) is 48.5 Å². The SMILES string of the molecule is CCc1c(C)c2cc(C(=O)N3CCN(CC)CC3)ccc2n1Cc1ccccc1. The van der Waals surface area contributed by atoms with Gasteiger partial charge < -0.3 is 14.4 Å². The summed E-state index contributed by atoms with van der Waals surface area (Å²) < 4.78 is 2.41. The van der Waals surface area contributed by atoms with Gasteiger partial charge >= 0.3 is 0 Å². The Morgan fingerprint density at radius 2 is 1.69 bits per heavy atom. The van der Waals surface area contributed by atoms with E-state index in [-0.39, 0.29) is 5.91 Å². The standard InChI is InChI=1S/C25H31N3O/c1-4-23-19(3)22-17-21(25(29)27-15-13-26(5-2)14-16-27)11-12-24(22)28(23)18-20-9-7-6-8-10-20/h6-12,17H,4-5,13-16,18H2,1-3H3. The second kappa shape index (κ2) is 8.42. The lowest BCUT2D eigenvalue weighted by molar-refractivity contribution is 0.0643. The maximum Gasteiger partial charge on any atom is 0.253 e. The van der Waals surface area contributed by atoms with Crippen molar-refractivity contribution in [3.63, 3.8) is 0 Å². The smallest absolute Gasteiger partial charge is 0.253 e. The summed E-state index contributed by atoms with van der Waals surface area (Å²) in [4.78, 5) is 17.5. The summed E-state index contributed by atoms with van der Waals surface area (Å²) in [5, 5.41) is 1.20. The number of aryl methyl sites for hydroxylation is 1. The molecule has 0 bridgehead atoms. The van der Waals surface area contributed by atoms with Gasteiger partial charge in [0, 0.05) is 54.9 Å². The van der Waals surface area contributed by atoms with Gasteiger partial charge in [0.05, 0.1) is 0 Å². The lowest BCUT2D eigenvalue weighted by atomic mass is 10.1. The Balaban J connectivity index is 1.66. The van der Waals surface area contributed by atoms with Crippen LogP contribution >= 0.6 is 0 Å². The number of piperazine rings is 1. The lowest BCUT2D eigenvalue weighted by Gasteiger charge is -2.34. The molecule has 1 aliphatic rings. The highest BCUT2D eigenvalue weighted by Gasteiger charge is 2.22. The number of hydrogen-bond acceptors (Lipinski definition) is 2. The third kappa shape index (κ3) is 3.82. The number of nitrogens with zero attached hydrogens (tertiary/aromatic N) is 3. The molecule has 29 heavy (non-hydrogen) atoms. The molecule has 4 nitrogen and oxygen atoms in total. The predicted octanol–water partition coefficient (Wildman–Crippen LogP) is 4.34. The van der Waals surface area contributed by atoms with E-state index in [2.05, 4.69) is 72.7 Å². The minimum absolute atomic E-state index is 0.163. The molecule has 4 heteroatoms. The van der Waals surface area contributed by atoms with Crippen molar-refractivity contribution in [1.82, 2.24) is 14.4 Å². The summed E-state index contributed by atoms with van der Waals surface area (Å²) in [6.45, 7) is 12.1. The molecule has 1 aromatic heterocycles. The maximum absolute atomic E-state index is 13.1. The molecule has 0 atom stereocenters. The van der Waals surface area contributed by atoms with Crippen molar-refractivity contribution >= 4 is 16.8 Å². The Morgan fingerprint density at radius 3 is 2.34 bits per heavy atom. The van der Waals surface area contributed by atoms with Crippen LogP contribution < -0.4 is 0 Å². The maximum atomic E-state index is 13.1. The topological polar surface area (TPSA) is 28.5 Å². The number of carbonyl (C=O) groups is 1. The molecule has 2 aromatic carbocycles. The van der Waals surface area contributed by atoms with Crippen molar-refractivity contribution in [3.05, 3.63) is 70.9 Å². The van der Waals surface area contributed by atoms with Crippen LogP contribution in [0.25, 0.3) is 10.9 Å². The van der Waals surface area contributed by atoms with E-state index in [1.54, 1.807) is 0 Å². The van der Waals surface area contributed by atoms with Crippen LogP contribution in [0.4, 0.5) is 0 Å². The first kappa shape index (κ1) is 19.7. The molecule has 0 unspecified atom stereocenters. The molecule has 1 amide bonds. The fraction of sp³-hybridized carbons (Fsp3) is 0.400. The quantitative estimate of drug-likeness (QED) is 0.649. The Bertz CT molecular complexity index is 998. The molecule has 152 valence electrons. The molecule has 1 fully saturated rings. The van der Waals surface area contributed by atoms with Crippen LogP contribution in [0.5, 0.6) is 0 Å². The van der Waals surface area contributed by atoms with Gasteiger partial charge in [0.25, 0.3) is 5.91 Å². The number of rotatable bonds is 5. The number of carbonyl (C=O) groups excluding carboxylic acids is 1. The van der Waals surface area contributed by atoms with E-state index < -0.39 is 0 Å². The van der Waals surface area contributed by atoms with Gasteiger partial charge in [-0.15, -0.1) is 0 Å². The molecule has 3 aromatic rings. The Hall–Kier alpha value is -2.59. The Labute approximate surface area is 173 Å². The summed E-state index contributed by atoms with van der Waals surface area (Å²) in [7, 11) is 0. The average molecular weight is 390 g/mol. The monoisotopic (exact) mass is 389 g/mol. The highest BCUT2D eigenvalue weighted by atomic mass is 16.2. The number of benzene rings is 2. The van der Waals surface area contributed by atoms with Gasteiger partial charge in [0.1, 0.15) is 0 Å². The largest absolute Gasteiger partial charge is 0.340 e. The molecule has 1 aliphatic heterocycles. The van der Waals surface area contributed by atoms with Crippen LogP contribution in [-0.4, -0.2) is 53.0 Å². The molecule has 0 aliphatic carbocycles. The predicted molar refractivity (Wildman–Crippen MR) is 120 cm³/mol. The van der Waals surface area contributed by atoms with Crippen molar-refractivity contribution in [3.8, 4) is 0 Å². The zero-order valence-electron chi connectivity index (χ0n) is 17.8. The molecule has 0 saturated carbocycles. The summed E-state index contributed by atoms with van der Waals surface area (Å²) in [6.07, 6.45) is 0.982. The molecule has 4 rings (SSSR count). The highest BCUT2D eigenvalue weighted by molar-refractivity contribution is 5.99. The molecular formula is C25H31N3O. The van der Waals surface area contributed by atoms with E-state index >= 15 is 0 Å². The lowest BCUT2D eigenvalue weighted by Crippen LogP contribution is -2.48. The van der Waals surface area contributed by atoms with E-state index in [4.69, 9.17) is 0 Å². The van der Waals surface area contributed by atoms with Crippen molar-refractivity contribution in [1.29, 1.82) is 0 Å². The Morgan fingerprint density at radius 1 is 0.966 bits per heavy atom. The van der Waals surface area contributed by atoms with Gasteiger partial charge in [-0.2, -0.15) is 0 Å². The number of fused-ring (bicyclic) bond motifs is 1. The zero-order valence-corrected chi connectivity index (χ0v) is 17.8. The fourth-order valence-electron chi connectivity index (χ4n) is 4.56. The van der Waals surface area contributed by atoms with Crippen molar-refractivity contribution in [2.45, 2.75) is 33.7 Å². The van der Waals surface area contributed by atoms with E-state index in [0.29, 0.717) is 0 Å². The van der Waals surface area contributed by atoms with E-state index in [1.807, 2.05) is 11.0 Å². The normalized spacial score (nSPS) is 15.2. The van der Waals surface area contributed by atoms with Gasteiger partial charge in [-0.05, 0) is 49.2 Å². The summed E-state index contributed by atoms with van der Waals surface area (Å²) >= 11 is 0. The van der Waals surface area contributed by atoms with Gasteiger partial charge in [-0.25, -0.2) is 0 Å². The van der Waals surface area contributed by atoms with Crippen LogP contribution in [0.1, 0.15) is 41.0 Å². The number of hydrogen-bond donors (Lipinski definition) is 0. The fourth-order valence-corrected chi connectivity index (χ4v) is 4.56. The molecule has 0 radical (unpaired) electrons. The second-order valence-electron chi connectivity index (χ2n) is 7.96. The minimum atomic E-state index is 0.163. The summed E-state index contributed by atoms with van der Waals surface area (Å²) in [5.41, 5.74) is 5.97. The van der Waals surface area contributed by atoms with Gasteiger partial charge in [0.15, 0.2) is 0 Å². The van der Waals surface area contributed by atoms with E-state index in [9.17, 15) is 4.79 Å². The first-order valence-corrected chi connectivity index (χ1v) is 10.8. The number of amides is 1. The third-order valence-electron chi connectivity index (χ3n) is 6.32. The molecule has 2 heterocycles. The minimum Gasteiger partial charge on any atom is -0.340 e.